The molecule has 0 atom stereocenters. The smallest absolute Gasteiger partial charge is 0.342 e. The van der Waals surface area contributed by atoms with Crippen molar-refractivity contribution in [1.82, 2.24) is 14.8 Å². The van der Waals surface area contributed by atoms with Gasteiger partial charge in [-0.15, -0.1) is 0 Å². The molecule has 2 heterocycles. The molecule has 0 aliphatic rings. The minimum Gasteiger partial charge on any atom is -0.454 e. The first-order valence-electron chi connectivity index (χ1n) is 9.39. The predicted molar refractivity (Wildman–Crippen MR) is 110 cm³/mol. The summed E-state index contributed by atoms with van der Waals surface area (Å²) in [6, 6.07) is 17.4. The van der Waals surface area contributed by atoms with Gasteiger partial charge in [0.25, 0.3) is 0 Å². The van der Waals surface area contributed by atoms with E-state index in [0.717, 1.165) is 22.2 Å². The van der Waals surface area contributed by atoms with E-state index in [2.05, 4.69) is 10.1 Å². The van der Waals surface area contributed by atoms with Gasteiger partial charge in [-0.1, -0.05) is 48.5 Å². The first-order valence-corrected chi connectivity index (χ1v) is 9.39. The number of rotatable bonds is 6. The van der Waals surface area contributed by atoms with E-state index in [0.29, 0.717) is 23.4 Å². The fraction of sp³-hybridized carbons (Fsp3) is 0.174. The van der Waals surface area contributed by atoms with E-state index in [-0.39, 0.29) is 12.4 Å². The van der Waals surface area contributed by atoms with Gasteiger partial charge in [-0.3, -0.25) is 9.48 Å². The number of ketones is 1. The van der Waals surface area contributed by atoms with Crippen LogP contribution in [0.1, 0.15) is 37.7 Å². The second kappa shape index (κ2) is 7.75. The average molecular weight is 387 g/mol. The number of benzene rings is 2. The Hall–Kier alpha value is -3.67. The second-order valence-electron chi connectivity index (χ2n) is 6.94. The van der Waals surface area contributed by atoms with Gasteiger partial charge in [0.1, 0.15) is 5.56 Å². The molecule has 0 radical (unpaired) electrons. The highest BCUT2D eigenvalue weighted by Crippen LogP contribution is 2.19. The summed E-state index contributed by atoms with van der Waals surface area (Å²) < 4.78 is 7.11. The molecule has 4 rings (SSSR count). The minimum absolute atomic E-state index is 0.247. The molecule has 0 aliphatic carbocycles. The van der Waals surface area contributed by atoms with Crippen molar-refractivity contribution in [2.45, 2.75) is 20.4 Å². The van der Waals surface area contributed by atoms with Crippen LogP contribution in [0.3, 0.4) is 0 Å². The minimum atomic E-state index is -0.535. The first kappa shape index (κ1) is 18.7. The lowest BCUT2D eigenvalue weighted by Gasteiger charge is -2.06. The number of nitrogens with one attached hydrogen (secondary N) is 1. The molecule has 6 nitrogen and oxygen atoms in total. The van der Waals surface area contributed by atoms with E-state index in [1.54, 1.807) is 17.8 Å². The largest absolute Gasteiger partial charge is 0.454 e. The Kier molecular flexibility index (Phi) is 4.99. The summed E-state index contributed by atoms with van der Waals surface area (Å²) in [6.07, 6.45) is 1.65. The van der Waals surface area contributed by atoms with Crippen LogP contribution in [0.25, 0.3) is 10.9 Å². The molecule has 0 fully saturated rings. The van der Waals surface area contributed by atoms with Crippen LogP contribution in [-0.4, -0.2) is 33.1 Å². The van der Waals surface area contributed by atoms with Gasteiger partial charge in [0.05, 0.1) is 17.9 Å². The number of H-pyrrole nitrogens is 1. The number of nitrogens with zero attached hydrogens (tertiary/aromatic N) is 2. The van der Waals surface area contributed by atoms with E-state index in [9.17, 15) is 9.59 Å². The molecule has 146 valence electrons. The maximum Gasteiger partial charge on any atom is 0.342 e. The van der Waals surface area contributed by atoms with Crippen LogP contribution < -0.4 is 0 Å². The van der Waals surface area contributed by atoms with Gasteiger partial charge in [0.15, 0.2) is 6.61 Å². The SMILES string of the molecule is Cc1nn(Cc2ccccc2)c(C)c1C(=O)OCC(=O)c1c[nH]c2ccccc12. The lowest BCUT2D eigenvalue weighted by Crippen LogP contribution is -2.15. The zero-order valence-electron chi connectivity index (χ0n) is 16.3. The van der Waals surface area contributed by atoms with Crippen LogP contribution in [0.4, 0.5) is 0 Å². The summed E-state index contributed by atoms with van der Waals surface area (Å²) >= 11 is 0. The molecule has 4 aromatic rings. The van der Waals surface area contributed by atoms with E-state index in [4.69, 9.17) is 4.74 Å². The topological polar surface area (TPSA) is 77.0 Å². The lowest BCUT2D eigenvalue weighted by atomic mass is 10.1. The number of hydrogen-bond acceptors (Lipinski definition) is 4. The van der Waals surface area contributed by atoms with E-state index >= 15 is 0 Å². The van der Waals surface area contributed by atoms with Gasteiger partial charge < -0.3 is 9.72 Å². The second-order valence-corrected chi connectivity index (χ2v) is 6.94. The van der Waals surface area contributed by atoms with Gasteiger partial charge in [-0.25, -0.2) is 4.79 Å². The quantitative estimate of drug-likeness (QED) is 0.400. The number of carbonyl (C=O) groups is 2. The number of esters is 1. The van der Waals surface area contributed by atoms with E-state index in [1.165, 1.54) is 0 Å². The van der Waals surface area contributed by atoms with Gasteiger partial charge in [-0.2, -0.15) is 5.10 Å². The fourth-order valence-corrected chi connectivity index (χ4v) is 3.49. The summed E-state index contributed by atoms with van der Waals surface area (Å²) in [7, 11) is 0. The number of fused-ring (bicyclic) bond motifs is 1. The molecule has 2 aromatic carbocycles. The summed E-state index contributed by atoms with van der Waals surface area (Å²) in [5, 5.41) is 5.29. The molecule has 0 spiro atoms. The van der Waals surface area contributed by atoms with Crippen molar-refractivity contribution >= 4 is 22.7 Å². The Bertz CT molecular complexity index is 1190. The number of para-hydroxylation sites is 1. The maximum atomic E-state index is 12.7. The summed E-state index contributed by atoms with van der Waals surface area (Å²) in [5.74, 6) is -0.782. The molecule has 1 N–H and O–H groups in total. The summed E-state index contributed by atoms with van der Waals surface area (Å²) in [4.78, 5) is 28.3. The third-order valence-electron chi connectivity index (χ3n) is 4.98. The van der Waals surface area contributed by atoms with Gasteiger partial charge >= 0.3 is 5.97 Å². The van der Waals surface area contributed by atoms with E-state index in [1.807, 2.05) is 61.5 Å². The molecule has 29 heavy (non-hydrogen) atoms. The highest BCUT2D eigenvalue weighted by molar-refractivity contribution is 6.09. The van der Waals surface area contributed by atoms with Crippen LogP contribution in [-0.2, 0) is 11.3 Å². The molecular weight excluding hydrogens is 366 g/mol. The first-order chi connectivity index (χ1) is 14.0. The van der Waals surface area contributed by atoms with Crippen LogP contribution in [0.2, 0.25) is 0 Å². The fourth-order valence-electron chi connectivity index (χ4n) is 3.49. The Labute approximate surface area is 168 Å². The third kappa shape index (κ3) is 3.69. The number of Topliss-reactive ketones (excluding diaryl/α,β-unsaturated/α-hetero) is 1. The molecule has 0 amide bonds. The van der Waals surface area contributed by atoms with Gasteiger partial charge in [0.2, 0.25) is 5.78 Å². The Morgan fingerprint density at radius 3 is 2.55 bits per heavy atom. The monoisotopic (exact) mass is 387 g/mol. The number of carbonyl (C=O) groups excluding carboxylic acids is 2. The molecule has 0 unspecified atom stereocenters. The Balaban J connectivity index is 1.48. The lowest BCUT2D eigenvalue weighted by molar-refractivity contribution is 0.0473. The average Bonchev–Trinajstić information content (AvgIpc) is 3.28. The van der Waals surface area contributed by atoms with Gasteiger partial charge in [-0.05, 0) is 25.5 Å². The number of hydrogen-bond donors (Lipinski definition) is 1. The summed E-state index contributed by atoms with van der Waals surface area (Å²) in [6.45, 7) is 3.85. The number of aromatic nitrogens is 3. The van der Waals surface area contributed by atoms with Crippen molar-refractivity contribution < 1.29 is 14.3 Å². The Morgan fingerprint density at radius 1 is 1.03 bits per heavy atom. The predicted octanol–water partition coefficient (Wildman–Crippen LogP) is 4.07. The van der Waals surface area contributed by atoms with Crippen LogP contribution in [0.5, 0.6) is 0 Å². The molecule has 2 aromatic heterocycles. The molecular formula is C23H21N3O3. The number of ether oxygens (including phenoxy) is 1. The van der Waals surface area contributed by atoms with Crippen LogP contribution in [0.15, 0.2) is 60.8 Å². The van der Waals surface area contributed by atoms with E-state index < -0.39 is 5.97 Å². The molecule has 0 aliphatic heterocycles. The van der Waals surface area contributed by atoms with Crippen LogP contribution in [0, 0.1) is 13.8 Å². The van der Waals surface area contributed by atoms with Crippen LogP contribution >= 0.6 is 0 Å². The number of aryl methyl sites for hydroxylation is 1. The summed E-state index contributed by atoms with van der Waals surface area (Å²) in [5.41, 5.74) is 4.19. The normalized spacial score (nSPS) is 11.0. The van der Waals surface area contributed by atoms with Crippen molar-refractivity contribution in [2.75, 3.05) is 6.61 Å². The van der Waals surface area contributed by atoms with Crippen molar-refractivity contribution in [1.29, 1.82) is 0 Å². The maximum absolute atomic E-state index is 12.7. The molecule has 6 heteroatoms. The molecule has 0 saturated carbocycles. The Morgan fingerprint density at radius 2 is 1.76 bits per heavy atom. The molecule has 0 bridgehead atoms. The van der Waals surface area contributed by atoms with Crippen molar-refractivity contribution in [3.05, 3.63) is 88.9 Å². The zero-order chi connectivity index (χ0) is 20.4. The van der Waals surface area contributed by atoms with Crippen molar-refractivity contribution in [3.63, 3.8) is 0 Å². The van der Waals surface area contributed by atoms with Crippen molar-refractivity contribution in [2.24, 2.45) is 0 Å². The van der Waals surface area contributed by atoms with Gasteiger partial charge in [0, 0.05) is 22.7 Å². The number of aromatic amines is 1. The van der Waals surface area contributed by atoms with Crippen molar-refractivity contribution in [3.8, 4) is 0 Å². The standard InChI is InChI=1S/C23H21N3O3/c1-15-22(16(2)26(25-15)13-17-8-4-3-5-9-17)23(28)29-14-21(27)19-12-24-20-11-7-6-10-18(19)20/h3-12,24H,13-14H2,1-2H3. The molecule has 0 saturated heterocycles. The zero-order valence-corrected chi connectivity index (χ0v) is 16.3. The third-order valence-corrected chi connectivity index (χ3v) is 4.98. The highest BCUT2D eigenvalue weighted by Gasteiger charge is 2.22. The highest BCUT2D eigenvalue weighted by atomic mass is 16.5.